The number of carbonyl (C=O) groups is 1. The molecule has 1 amide bonds. The van der Waals surface area contributed by atoms with Crippen LogP contribution in [-0.4, -0.2) is 25.1 Å². The van der Waals surface area contributed by atoms with E-state index in [0.717, 1.165) is 22.2 Å². The standard InChI is InChI=1S/C20H20N2O3/c1-4-13-11-18(24-2)19(25-3)12-16(13)20(23)22-15-7-8-17-14(10-15)6-5-9-21-17/h5-12H,4H2,1-3H3,(H,22,23). The molecule has 0 unspecified atom stereocenters. The summed E-state index contributed by atoms with van der Waals surface area (Å²) in [5, 5.41) is 3.93. The zero-order valence-corrected chi connectivity index (χ0v) is 14.5. The fourth-order valence-electron chi connectivity index (χ4n) is 2.78. The second-order valence-corrected chi connectivity index (χ2v) is 5.58. The lowest BCUT2D eigenvalue weighted by molar-refractivity contribution is 0.102. The number of carbonyl (C=O) groups excluding carboxylic acids is 1. The molecular weight excluding hydrogens is 316 g/mol. The van der Waals surface area contributed by atoms with Crippen LogP contribution in [0.4, 0.5) is 5.69 Å². The summed E-state index contributed by atoms with van der Waals surface area (Å²) < 4.78 is 10.6. The summed E-state index contributed by atoms with van der Waals surface area (Å²) in [5.74, 6) is 0.973. The minimum Gasteiger partial charge on any atom is -0.493 e. The monoisotopic (exact) mass is 336 g/mol. The van der Waals surface area contributed by atoms with Crippen LogP contribution in [0.3, 0.4) is 0 Å². The van der Waals surface area contributed by atoms with Gasteiger partial charge in [-0.1, -0.05) is 13.0 Å². The van der Waals surface area contributed by atoms with Gasteiger partial charge in [-0.05, 0) is 48.4 Å². The third kappa shape index (κ3) is 3.40. The third-order valence-corrected chi connectivity index (χ3v) is 4.10. The SMILES string of the molecule is CCc1cc(OC)c(OC)cc1C(=O)Nc1ccc2ncccc2c1. The normalized spacial score (nSPS) is 10.5. The van der Waals surface area contributed by atoms with Gasteiger partial charge in [0.1, 0.15) is 0 Å². The number of aromatic nitrogens is 1. The Bertz CT molecular complexity index is 922. The molecule has 1 N–H and O–H groups in total. The van der Waals surface area contributed by atoms with E-state index in [2.05, 4.69) is 10.3 Å². The van der Waals surface area contributed by atoms with Crippen molar-refractivity contribution < 1.29 is 14.3 Å². The molecule has 0 aliphatic heterocycles. The zero-order chi connectivity index (χ0) is 17.8. The summed E-state index contributed by atoms with van der Waals surface area (Å²) in [7, 11) is 3.14. The van der Waals surface area contributed by atoms with Crippen LogP contribution in [-0.2, 0) is 6.42 Å². The number of ether oxygens (including phenoxy) is 2. The molecule has 3 rings (SSSR count). The first-order valence-electron chi connectivity index (χ1n) is 8.07. The number of aryl methyl sites for hydroxylation is 1. The Morgan fingerprint density at radius 1 is 1.08 bits per heavy atom. The maximum Gasteiger partial charge on any atom is 0.256 e. The quantitative estimate of drug-likeness (QED) is 0.763. The molecule has 0 radical (unpaired) electrons. The van der Waals surface area contributed by atoms with Crippen molar-refractivity contribution in [1.82, 2.24) is 4.98 Å². The molecule has 3 aromatic rings. The summed E-state index contributed by atoms with van der Waals surface area (Å²) in [4.78, 5) is 17.1. The van der Waals surface area contributed by atoms with Crippen molar-refractivity contribution in [2.24, 2.45) is 0 Å². The van der Waals surface area contributed by atoms with Gasteiger partial charge in [0.05, 0.1) is 19.7 Å². The van der Waals surface area contributed by atoms with Crippen LogP contribution in [0, 0.1) is 0 Å². The van der Waals surface area contributed by atoms with Crippen LogP contribution in [0.1, 0.15) is 22.8 Å². The Hall–Kier alpha value is -3.08. The first-order chi connectivity index (χ1) is 12.2. The van der Waals surface area contributed by atoms with E-state index in [4.69, 9.17) is 9.47 Å². The van der Waals surface area contributed by atoms with Gasteiger partial charge >= 0.3 is 0 Å². The molecule has 128 valence electrons. The lowest BCUT2D eigenvalue weighted by atomic mass is 10.0. The number of nitrogens with zero attached hydrogens (tertiary/aromatic N) is 1. The van der Waals surface area contributed by atoms with Crippen molar-refractivity contribution in [1.29, 1.82) is 0 Å². The van der Waals surface area contributed by atoms with E-state index in [0.29, 0.717) is 23.5 Å². The molecule has 0 atom stereocenters. The van der Waals surface area contributed by atoms with Crippen molar-refractivity contribution >= 4 is 22.5 Å². The number of rotatable bonds is 5. The molecule has 1 heterocycles. The lowest BCUT2D eigenvalue weighted by Gasteiger charge is -2.14. The molecule has 2 aromatic carbocycles. The Morgan fingerprint density at radius 3 is 2.56 bits per heavy atom. The minimum absolute atomic E-state index is 0.180. The number of hydrogen-bond donors (Lipinski definition) is 1. The van der Waals surface area contributed by atoms with Gasteiger partial charge in [-0.15, -0.1) is 0 Å². The van der Waals surface area contributed by atoms with Crippen molar-refractivity contribution in [3.05, 3.63) is 59.8 Å². The van der Waals surface area contributed by atoms with Crippen LogP contribution >= 0.6 is 0 Å². The van der Waals surface area contributed by atoms with E-state index in [1.165, 1.54) is 0 Å². The highest BCUT2D eigenvalue weighted by Gasteiger charge is 2.16. The fourth-order valence-corrected chi connectivity index (χ4v) is 2.78. The number of nitrogens with one attached hydrogen (secondary N) is 1. The highest BCUT2D eigenvalue weighted by Crippen LogP contribution is 2.31. The third-order valence-electron chi connectivity index (χ3n) is 4.10. The van der Waals surface area contributed by atoms with Gasteiger partial charge in [-0.25, -0.2) is 0 Å². The number of methoxy groups -OCH3 is 2. The molecule has 0 saturated heterocycles. The van der Waals surface area contributed by atoms with Gasteiger partial charge in [0, 0.05) is 22.8 Å². The summed E-state index contributed by atoms with van der Waals surface area (Å²) in [6.45, 7) is 2.00. The molecule has 1 aromatic heterocycles. The number of pyridine rings is 1. The molecule has 5 nitrogen and oxygen atoms in total. The zero-order valence-electron chi connectivity index (χ0n) is 14.5. The maximum absolute atomic E-state index is 12.8. The van der Waals surface area contributed by atoms with Crippen molar-refractivity contribution in [3.8, 4) is 11.5 Å². The Kier molecular flexibility index (Phi) is 4.84. The van der Waals surface area contributed by atoms with Gasteiger partial charge in [0.2, 0.25) is 0 Å². The molecular formula is C20H20N2O3. The topological polar surface area (TPSA) is 60.5 Å². The average Bonchev–Trinajstić information content (AvgIpc) is 2.66. The first-order valence-corrected chi connectivity index (χ1v) is 8.07. The largest absolute Gasteiger partial charge is 0.493 e. The molecule has 0 saturated carbocycles. The van der Waals surface area contributed by atoms with E-state index in [9.17, 15) is 4.79 Å². The Morgan fingerprint density at radius 2 is 1.84 bits per heavy atom. The number of anilines is 1. The first kappa shape index (κ1) is 16.8. The summed E-state index contributed by atoms with van der Waals surface area (Å²) in [5.41, 5.74) is 3.09. The van der Waals surface area contributed by atoms with E-state index in [1.54, 1.807) is 26.5 Å². The van der Waals surface area contributed by atoms with Crippen LogP contribution in [0.25, 0.3) is 10.9 Å². The molecule has 0 bridgehead atoms. The van der Waals surface area contributed by atoms with Gasteiger partial charge in [0.15, 0.2) is 11.5 Å². The van der Waals surface area contributed by atoms with Gasteiger partial charge in [0.25, 0.3) is 5.91 Å². The number of benzene rings is 2. The van der Waals surface area contributed by atoms with E-state index >= 15 is 0 Å². The second-order valence-electron chi connectivity index (χ2n) is 5.58. The predicted octanol–water partition coefficient (Wildman–Crippen LogP) is 4.07. The van der Waals surface area contributed by atoms with E-state index in [-0.39, 0.29) is 5.91 Å². The van der Waals surface area contributed by atoms with Crippen LogP contribution < -0.4 is 14.8 Å². The van der Waals surface area contributed by atoms with Gasteiger partial charge in [-0.3, -0.25) is 9.78 Å². The summed E-state index contributed by atoms with van der Waals surface area (Å²) >= 11 is 0. The van der Waals surface area contributed by atoms with E-state index < -0.39 is 0 Å². The Labute approximate surface area is 146 Å². The number of amides is 1. The summed E-state index contributed by atoms with van der Waals surface area (Å²) in [6, 6.07) is 13.0. The average molecular weight is 336 g/mol. The smallest absolute Gasteiger partial charge is 0.256 e. The Balaban J connectivity index is 1.93. The van der Waals surface area contributed by atoms with Crippen molar-refractivity contribution in [2.75, 3.05) is 19.5 Å². The highest BCUT2D eigenvalue weighted by atomic mass is 16.5. The van der Waals surface area contributed by atoms with Crippen LogP contribution in [0.5, 0.6) is 11.5 Å². The highest BCUT2D eigenvalue weighted by molar-refractivity contribution is 6.06. The van der Waals surface area contributed by atoms with Crippen LogP contribution in [0.15, 0.2) is 48.7 Å². The number of fused-ring (bicyclic) bond motifs is 1. The van der Waals surface area contributed by atoms with Gasteiger partial charge in [-0.2, -0.15) is 0 Å². The fraction of sp³-hybridized carbons (Fsp3) is 0.200. The molecule has 0 fully saturated rings. The molecule has 25 heavy (non-hydrogen) atoms. The molecule has 0 spiro atoms. The molecule has 0 aliphatic carbocycles. The second kappa shape index (κ2) is 7.21. The van der Waals surface area contributed by atoms with Crippen molar-refractivity contribution in [3.63, 3.8) is 0 Å². The summed E-state index contributed by atoms with van der Waals surface area (Å²) in [6.07, 6.45) is 2.46. The maximum atomic E-state index is 12.8. The number of hydrogen-bond acceptors (Lipinski definition) is 4. The lowest BCUT2D eigenvalue weighted by Crippen LogP contribution is -2.14. The predicted molar refractivity (Wildman–Crippen MR) is 98.6 cm³/mol. The minimum atomic E-state index is -0.180. The van der Waals surface area contributed by atoms with Crippen LogP contribution in [0.2, 0.25) is 0 Å². The van der Waals surface area contributed by atoms with Crippen molar-refractivity contribution in [2.45, 2.75) is 13.3 Å². The van der Waals surface area contributed by atoms with Gasteiger partial charge < -0.3 is 14.8 Å². The molecule has 5 heteroatoms. The van der Waals surface area contributed by atoms with E-state index in [1.807, 2.05) is 43.3 Å². The molecule has 0 aliphatic rings.